The van der Waals surface area contributed by atoms with Gasteiger partial charge in [0.2, 0.25) is 5.79 Å². The summed E-state index contributed by atoms with van der Waals surface area (Å²) in [5.74, 6) is -0.899. The van der Waals surface area contributed by atoms with Gasteiger partial charge in [0.15, 0.2) is 0 Å². The first kappa shape index (κ1) is 24.1. The number of hydrogen-bond donors (Lipinski definition) is 0. The van der Waals surface area contributed by atoms with E-state index >= 15 is 0 Å². The van der Waals surface area contributed by atoms with E-state index in [0.29, 0.717) is 26.2 Å². The monoisotopic (exact) mass is 502 g/mol. The highest BCUT2D eigenvalue weighted by atomic mass is 79.9. The molecule has 0 aliphatic carbocycles. The van der Waals surface area contributed by atoms with E-state index in [1.807, 2.05) is 31.3 Å². The molecule has 0 saturated carbocycles. The van der Waals surface area contributed by atoms with E-state index < -0.39 is 10.9 Å². The molecule has 1 atom stereocenters. The molecule has 1 fully saturated rings. The quantitative estimate of drug-likeness (QED) is 0.250. The summed E-state index contributed by atoms with van der Waals surface area (Å²) in [5, 5.41) is 12.0. The van der Waals surface area contributed by atoms with Crippen LogP contribution in [0, 0.1) is 10.1 Å². The van der Waals surface area contributed by atoms with Crippen LogP contribution in [0.15, 0.2) is 66.7 Å². The van der Waals surface area contributed by atoms with E-state index in [9.17, 15) is 10.1 Å². The van der Waals surface area contributed by atoms with E-state index in [2.05, 4.69) is 52.2 Å². The lowest BCUT2D eigenvalue weighted by Gasteiger charge is -2.41. The van der Waals surface area contributed by atoms with Gasteiger partial charge in [-0.15, -0.1) is 27.1 Å². The van der Waals surface area contributed by atoms with E-state index in [1.54, 1.807) is 0 Å². The number of ether oxygens (including phenoxy) is 2. The summed E-state index contributed by atoms with van der Waals surface area (Å²) >= 11 is 0. The Morgan fingerprint density at radius 1 is 1.03 bits per heavy atom. The lowest BCUT2D eigenvalue weighted by Crippen LogP contribution is -2.50. The van der Waals surface area contributed by atoms with Gasteiger partial charge in [0, 0.05) is 12.1 Å². The van der Waals surface area contributed by atoms with Crippen molar-refractivity contribution in [1.82, 2.24) is 4.90 Å². The summed E-state index contributed by atoms with van der Waals surface area (Å²) < 4.78 is 12.3. The molecule has 8 heteroatoms. The molecule has 0 bridgehead atoms. The van der Waals surface area contributed by atoms with Crippen molar-refractivity contribution in [2.45, 2.75) is 12.2 Å². The van der Waals surface area contributed by atoms with Gasteiger partial charge >= 0.3 is 0 Å². The van der Waals surface area contributed by atoms with Gasteiger partial charge in [0.05, 0.1) is 26.4 Å². The highest BCUT2D eigenvalue weighted by Gasteiger charge is 2.38. The summed E-state index contributed by atoms with van der Waals surface area (Å²) in [6.07, 6.45) is 0.408. The fourth-order valence-corrected chi connectivity index (χ4v) is 3.91. The van der Waals surface area contributed by atoms with Crippen molar-refractivity contribution < 1.29 is 19.4 Å². The third kappa shape index (κ3) is 5.63. The van der Waals surface area contributed by atoms with Crippen LogP contribution >= 0.6 is 17.0 Å². The molecule has 0 aromatic heterocycles. The van der Waals surface area contributed by atoms with E-state index in [0.717, 1.165) is 23.2 Å². The number of rotatable bonds is 8. The lowest BCUT2D eigenvalue weighted by molar-refractivity contribution is -0.757. The summed E-state index contributed by atoms with van der Waals surface area (Å²) in [6, 6.07) is 23.0. The van der Waals surface area contributed by atoms with Crippen molar-refractivity contribution in [1.29, 1.82) is 0 Å². The van der Waals surface area contributed by atoms with Crippen LogP contribution in [-0.4, -0.2) is 49.9 Å². The molecule has 170 valence electrons. The van der Waals surface area contributed by atoms with Gasteiger partial charge in [0.25, 0.3) is 5.09 Å². The zero-order valence-electron chi connectivity index (χ0n) is 17.9. The largest absolute Gasteiger partial charge is 0.345 e. The molecule has 1 heterocycles. The number of halogens is 1. The van der Waals surface area contributed by atoms with Crippen LogP contribution in [0.5, 0.6) is 0 Å². The van der Waals surface area contributed by atoms with Gasteiger partial charge in [0.1, 0.15) is 0 Å². The van der Waals surface area contributed by atoms with Gasteiger partial charge in [-0.3, -0.25) is 4.90 Å². The third-order valence-corrected chi connectivity index (χ3v) is 5.51. The van der Waals surface area contributed by atoms with E-state index in [-0.39, 0.29) is 23.6 Å². The Balaban J connectivity index is 0.00000289. The van der Waals surface area contributed by atoms with Gasteiger partial charge in [-0.1, -0.05) is 60.7 Å². The number of morpholine rings is 1. The minimum Gasteiger partial charge on any atom is -0.345 e. The molecule has 0 spiro atoms. The predicted octanol–water partition coefficient (Wildman–Crippen LogP) is 4.81. The first-order valence-corrected chi connectivity index (χ1v) is 10.4. The third-order valence-electron chi connectivity index (χ3n) is 5.51. The topological polar surface area (TPSA) is 74.1 Å². The molecule has 1 aliphatic rings. The van der Waals surface area contributed by atoms with Crippen LogP contribution in [0.3, 0.4) is 0 Å². The van der Waals surface area contributed by atoms with Crippen molar-refractivity contribution in [3.63, 3.8) is 0 Å². The lowest BCUT2D eigenvalue weighted by atomic mass is 9.97. The molecule has 1 unspecified atom stereocenters. The Hall–Kier alpha value is -2.52. The Morgan fingerprint density at radius 2 is 1.75 bits per heavy atom. The SMILES string of the molecule is Br.CN1CCOC(OCCCO[N+](=O)[O-])(c2ccc(-c3ccc4ccccc4c3)cc2)C1. The second kappa shape index (κ2) is 10.9. The Morgan fingerprint density at radius 3 is 2.47 bits per heavy atom. The molecule has 4 rings (SSSR count). The van der Waals surface area contributed by atoms with Crippen LogP contribution in [0.2, 0.25) is 0 Å². The number of likely N-dealkylation sites (N-methyl/N-ethyl adjacent to an activating group) is 1. The highest BCUT2D eigenvalue weighted by molar-refractivity contribution is 8.93. The molecule has 32 heavy (non-hydrogen) atoms. The fraction of sp³-hybridized carbons (Fsp3) is 0.333. The van der Waals surface area contributed by atoms with Gasteiger partial charge in [-0.05, 0) is 41.4 Å². The standard InChI is InChI=1S/C24H26N2O5.BrH/c1-25-13-16-30-24(18-25,29-14-4-15-31-26(27)28)23-11-9-20(10-12-23)22-8-7-19-5-2-3-6-21(19)17-22;/h2-3,5-12,17H,4,13-16,18H2,1H3;1H. The first-order valence-electron chi connectivity index (χ1n) is 10.4. The normalized spacial score (nSPS) is 18.8. The number of hydrogen-bond acceptors (Lipinski definition) is 6. The molecule has 0 N–H and O–H groups in total. The predicted molar refractivity (Wildman–Crippen MR) is 128 cm³/mol. The summed E-state index contributed by atoms with van der Waals surface area (Å²) in [7, 11) is 2.03. The molecular weight excluding hydrogens is 476 g/mol. The number of fused-ring (bicyclic) bond motifs is 1. The Kier molecular flexibility index (Phi) is 8.20. The molecule has 1 aliphatic heterocycles. The second-order valence-corrected chi connectivity index (χ2v) is 7.74. The van der Waals surface area contributed by atoms with Crippen LogP contribution in [0.1, 0.15) is 12.0 Å². The molecular formula is C24H27BrN2O5. The average Bonchev–Trinajstić information content (AvgIpc) is 2.78. The summed E-state index contributed by atoms with van der Waals surface area (Å²) in [6.45, 7) is 2.26. The van der Waals surface area contributed by atoms with E-state index in [4.69, 9.17) is 9.47 Å². The van der Waals surface area contributed by atoms with Crippen molar-refractivity contribution in [3.05, 3.63) is 82.4 Å². The summed E-state index contributed by atoms with van der Waals surface area (Å²) in [4.78, 5) is 16.9. The number of nitrogens with zero attached hydrogens (tertiary/aromatic N) is 2. The van der Waals surface area contributed by atoms with Gasteiger partial charge in [-0.25, -0.2) is 0 Å². The van der Waals surface area contributed by atoms with Crippen LogP contribution < -0.4 is 0 Å². The van der Waals surface area contributed by atoms with Crippen molar-refractivity contribution in [2.75, 3.05) is 40.0 Å². The van der Waals surface area contributed by atoms with Gasteiger partial charge in [-0.2, -0.15) is 0 Å². The zero-order chi connectivity index (χ0) is 21.7. The van der Waals surface area contributed by atoms with Crippen LogP contribution in [0.25, 0.3) is 21.9 Å². The van der Waals surface area contributed by atoms with Gasteiger partial charge < -0.3 is 14.3 Å². The second-order valence-electron chi connectivity index (χ2n) is 7.74. The van der Waals surface area contributed by atoms with Crippen LogP contribution in [-0.2, 0) is 20.1 Å². The molecule has 3 aromatic rings. The molecule has 0 radical (unpaired) electrons. The molecule has 3 aromatic carbocycles. The zero-order valence-corrected chi connectivity index (χ0v) is 19.7. The molecule has 7 nitrogen and oxygen atoms in total. The minimum atomic E-state index is -0.899. The Labute approximate surface area is 197 Å². The maximum Gasteiger partial charge on any atom is 0.294 e. The average molecular weight is 503 g/mol. The number of benzene rings is 3. The maximum atomic E-state index is 10.3. The maximum absolute atomic E-state index is 10.3. The van der Waals surface area contributed by atoms with Crippen LogP contribution in [0.4, 0.5) is 0 Å². The summed E-state index contributed by atoms with van der Waals surface area (Å²) in [5.41, 5.74) is 3.20. The first-order chi connectivity index (χ1) is 15.1. The van der Waals surface area contributed by atoms with E-state index in [1.165, 1.54) is 10.8 Å². The van der Waals surface area contributed by atoms with Crippen molar-refractivity contribution in [2.24, 2.45) is 0 Å². The van der Waals surface area contributed by atoms with Crippen molar-refractivity contribution in [3.8, 4) is 11.1 Å². The Bertz CT molecular complexity index is 1050. The minimum absolute atomic E-state index is 0. The molecule has 0 amide bonds. The molecule has 1 saturated heterocycles. The fourth-order valence-electron chi connectivity index (χ4n) is 3.91. The highest BCUT2D eigenvalue weighted by Crippen LogP contribution is 2.33. The smallest absolute Gasteiger partial charge is 0.294 e. The van der Waals surface area contributed by atoms with Crippen molar-refractivity contribution >= 4 is 27.8 Å².